The summed E-state index contributed by atoms with van der Waals surface area (Å²) in [7, 11) is 3.89. The highest BCUT2D eigenvalue weighted by atomic mass is 16.5. The van der Waals surface area contributed by atoms with Gasteiger partial charge in [0, 0.05) is 12.1 Å². The molecule has 1 N–H and O–H groups in total. The maximum atomic E-state index is 12.9. The van der Waals surface area contributed by atoms with E-state index in [2.05, 4.69) is 10.4 Å². The van der Waals surface area contributed by atoms with Crippen molar-refractivity contribution in [3.05, 3.63) is 95.7 Å². The Morgan fingerprint density at radius 1 is 0.825 bits per heavy atom. The number of para-hydroxylation sites is 1. The van der Waals surface area contributed by atoms with E-state index in [-0.39, 0.29) is 29.5 Å². The molecule has 10 nitrogen and oxygen atoms in total. The van der Waals surface area contributed by atoms with Gasteiger partial charge in [-0.2, -0.15) is 5.10 Å². The molecule has 0 aliphatic heterocycles. The number of benzene rings is 3. The number of carbonyl (C=O) groups is 3. The number of hydrogen-bond acceptors (Lipinski definition) is 8. The van der Waals surface area contributed by atoms with Gasteiger partial charge < -0.3 is 24.3 Å². The van der Waals surface area contributed by atoms with Gasteiger partial charge in [-0.05, 0) is 42.3 Å². The maximum absolute atomic E-state index is 12.9. The van der Waals surface area contributed by atoms with Crippen molar-refractivity contribution in [1.82, 2.24) is 15.1 Å². The SMILES string of the molecule is COC(=O)c1c(-c2ccc(OCC(=O)NCCc3ccccc3)c(OC)c2)nn(-c2ccccc2)c1C(=O)OC. The summed E-state index contributed by atoms with van der Waals surface area (Å²) in [4.78, 5) is 38.0. The molecule has 0 fully saturated rings. The predicted molar refractivity (Wildman–Crippen MR) is 147 cm³/mol. The second-order valence-electron chi connectivity index (χ2n) is 8.54. The Labute approximate surface area is 231 Å². The molecule has 0 unspecified atom stereocenters. The summed E-state index contributed by atoms with van der Waals surface area (Å²) < 4.78 is 22.5. The van der Waals surface area contributed by atoms with Gasteiger partial charge in [0.1, 0.15) is 11.3 Å². The van der Waals surface area contributed by atoms with Crippen LogP contribution >= 0.6 is 0 Å². The first-order valence-corrected chi connectivity index (χ1v) is 12.4. The van der Waals surface area contributed by atoms with E-state index in [0.717, 1.165) is 5.56 Å². The van der Waals surface area contributed by atoms with E-state index < -0.39 is 11.9 Å². The Balaban J connectivity index is 1.59. The largest absolute Gasteiger partial charge is 0.493 e. The third-order valence-electron chi connectivity index (χ3n) is 6.03. The zero-order chi connectivity index (χ0) is 28.5. The highest BCUT2D eigenvalue weighted by Gasteiger charge is 2.31. The van der Waals surface area contributed by atoms with Gasteiger partial charge in [0.2, 0.25) is 0 Å². The van der Waals surface area contributed by atoms with Crippen molar-refractivity contribution in [2.75, 3.05) is 34.5 Å². The molecule has 206 valence electrons. The quantitative estimate of drug-likeness (QED) is 0.284. The van der Waals surface area contributed by atoms with Crippen molar-refractivity contribution in [3.8, 4) is 28.4 Å². The minimum Gasteiger partial charge on any atom is -0.493 e. The molecule has 1 aromatic heterocycles. The zero-order valence-electron chi connectivity index (χ0n) is 22.4. The lowest BCUT2D eigenvalue weighted by Gasteiger charge is -2.12. The number of esters is 2. The smallest absolute Gasteiger partial charge is 0.357 e. The van der Waals surface area contributed by atoms with Crippen LogP contribution in [-0.2, 0) is 20.7 Å². The Morgan fingerprint density at radius 2 is 1.50 bits per heavy atom. The third-order valence-corrected chi connectivity index (χ3v) is 6.03. The topological polar surface area (TPSA) is 118 Å². The zero-order valence-corrected chi connectivity index (χ0v) is 22.4. The second-order valence-corrected chi connectivity index (χ2v) is 8.54. The van der Waals surface area contributed by atoms with Crippen molar-refractivity contribution in [3.63, 3.8) is 0 Å². The lowest BCUT2D eigenvalue weighted by atomic mass is 10.0. The summed E-state index contributed by atoms with van der Waals surface area (Å²) in [6, 6.07) is 23.6. The van der Waals surface area contributed by atoms with Gasteiger partial charge in [-0.15, -0.1) is 0 Å². The molecule has 40 heavy (non-hydrogen) atoms. The number of hydrogen-bond donors (Lipinski definition) is 1. The standard InChI is InChI=1S/C30H29N3O7/c1-37-24-18-21(14-15-23(24)40-19-25(34)31-17-16-20-10-6-4-7-11-20)27-26(29(35)38-2)28(30(36)39-3)33(32-27)22-12-8-5-9-13-22/h4-15,18H,16-17,19H2,1-3H3,(H,31,34). The van der Waals surface area contributed by atoms with Gasteiger partial charge in [-0.3, -0.25) is 4.79 Å². The number of rotatable bonds is 11. The fourth-order valence-corrected chi connectivity index (χ4v) is 4.08. The summed E-state index contributed by atoms with van der Waals surface area (Å²) in [6.45, 7) is 0.262. The highest BCUT2D eigenvalue weighted by Crippen LogP contribution is 2.35. The first-order valence-electron chi connectivity index (χ1n) is 12.4. The summed E-state index contributed by atoms with van der Waals surface area (Å²) in [5, 5.41) is 7.41. The van der Waals surface area contributed by atoms with Gasteiger partial charge in [0.05, 0.1) is 27.0 Å². The van der Waals surface area contributed by atoms with Crippen molar-refractivity contribution in [2.24, 2.45) is 0 Å². The van der Waals surface area contributed by atoms with E-state index >= 15 is 0 Å². The fourth-order valence-electron chi connectivity index (χ4n) is 4.08. The van der Waals surface area contributed by atoms with Gasteiger partial charge in [0.15, 0.2) is 23.8 Å². The molecule has 0 atom stereocenters. The number of nitrogens with one attached hydrogen (secondary N) is 1. The molecule has 10 heteroatoms. The first-order chi connectivity index (χ1) is 19.5. The Hall–Kier alpha value is -5.12. The average Bonchev–Trinajstić information content (AvgIpc) is 3.41. The monoisotopic (exact) mass is 543 g/mol. The van der Waals surface area contributed by atoms with E-state index in [4.69, 9.17) is 18.9 Å². The summed E-state index contributed by atoms with van der Waals surface area (Å²) in [5.41, 5.74) is 2.16. The number of carbonyl (C=O) groups excluding carboxylic acids is 3. The Bertz CT molecular complexity index is 1480. The molecule has 0 aliphatic carbocycles. The predicted octanol–water partition coefficient (Wildman–Crippen LogP) is 3.86. The molecule has 4 aromatic rings. The van der Waals surface area contributed by atoms with E-state index in [1.165, 1.54) is 26.0 Å². The average molecular weight is 544 g/mol. The first kappa shape index (κ1) is 27.9. The number of amides is 1. The van der Waals surface area contributed by atoms with Crippen molar-refractivity contribution in [2.45, 2.75) is 6.42 Å². The molecule has 0 bridgehead atoms. The van der Waals surface area contributed by atoms with Crippen molar-refractivity contribution >= 4 is 17.8 Å². The van der Waals surface area contributed by atoms with Crippen LogP contribution in [0.5, 0.6) is 11.5 Å². The number of aromatic nitrogens is 2. The van der Waals surface area contributed by atoms with Crippen LogP contribution in [0.25, 0.3) is 16.9 Å². The van der Waals surface area contributed by atoms with Gasteiger partial charge >= 0.3 is 11.9 Å². The van der Waals surface area contributed by atoms with Crippen molar-refractivity contribution in [1.29, 1.82) is 0 Å². The molecule has 0 saturated carbocycles. The van der Waals surface area contributed by atoms with Crippen LogP contribution in [0.2, 0.25) is 0 Å². The summed E-state index contributed by atoms with van der Waals surface area (Å²) in [5.74, 6) is -1.17. The lowest BCUT2D eigenvalue weighted by molar-refractivity contribution is -0.123. The molecular weight excluding hydrogens is 514 g/mol. The molecule has 0 spiro atoms. The molecule has 0 aliphatic rings. The van der Waals surface area contributed by atoms with Crippen LogP contribution in [0.4, 0.5) is 0 Å². The minimum atomic E-state index is -0.760. The van der Waals surface area contributed by atoms with Crippen LogP contribution < -0.4 is 14.8 Å². The molecule has 0 radical (unpaired) electrons. The van der Waals surface area contributed by atoms with Gasteiger partial charge in [-0.1, -0.05) is 48.5 Å². The van der Waals surface area contributed by atoms with Gasteiger partial charge in [0.25, 0.3) is 5.91 Å². The third kappa shape index (κ3) is 6.29. The lowest BCUT2D eigenvalue weighted by Crippen LogP contribution is -2.30. The van der Waals surface area contributed by atoms with Crippen LogP contribution in [0.1, 0.15) is 26.4 Å². The summed E-state index contributed by atoms with van der Waals surface area (Å²) in [6.07, 6.45) is 0.705. The molecule has 0 saturated heterocycles. The van der Waals surface area contributed by atoms with E-state index in [0.29, 0.717) is 35.7 Å². The Kier molecular flexibility index (Phi) is 9.14. The minimum absolute atomic E-state index is 0.0632. The number of nitrogens with zero attached hydrogens (tertiary/aromatic N) is 2. The van der Waals surface area contributed by atoms with E-state index in [9.17, 15) is 14.4 Å². The fraction of sp³-hybridized carbons (Fsp3) is 0.200. The normalized spacial score (nSPS) is 10.5. The maximum Gasteiger partial charge on any atom is 0.357 e. The molecular formula is C30H29N3O7. The van der Waals surface area contributed by atoms with Crippen molar-refractivity contribution < 1.29 is 33.3 Å². The van der Waals surface area contributed by atoms with Crippen LogP contribution in [0.3, 0.4) is 0 Å². The second kappa shape index (κ2) is 13.1. The van der Waals surface area contributed by atoms with Crippen LogP contribution in [0.15, 0.2) is 78.9 Å². The van der Waals surface area contributed by atoms with E-state index in [1.54, 1.807) is 42.5 Å². The Morgan fingerprint density at radius 3 is 2.15 bits per heavy atom. The summed E-state index contributed by atoms with van der Waals surface area (Å²) >= 11 is 0. The van der Waals surface area contributed by atoms with Gasteiger partial charge in [-0.25, -0.2) is 14.3 Å². The van der Waals surface area contributed by atoms with Crippen LogP contribution in [0, 0.1) is 0 Å². The molecule has 1 heterocycles. The number of ether oxygens (including phenoxy) is 4. The van der Waals surface area contributed by atoms with Crippen LogP contribution in [-0.4, -0.2) is 62.1 Å². The highest BCUT2D eigenvalue weighted by molar-refractivity contribution is 6.07. The molecule has 4 rings (SSSR count). The number of methoxy groups -OCH3 is 3. The van der Waals surface area contributed by atoms with E-state index in [1.807, 2.05) is 36.4 Å². The molecule has 3 aromatic carbocycles. The molecule has 1 amide bonds.